The Morgan fingerprint density at radius 3 is 2.71 bits per heavy atom. The van der Waals surface area contributed by atoms with Crippen LogP contribution in [0.25, 0.3) is 22.4 Å². The van der Waals surface area contributed by atoms with Crippen molar-refractivity contribution in [2.24, 2.45) is 0 Å². The highest BCUT2D eigenvalue weighted by molar-refractivity contribution is 5.81. The van der Waals surface area contributed by atoms with Gasteiger partial charge in [0.2, 0.25) is 0 Å². The summed E-state index contributed by atoms with van der Waals surface area (Å²) >= 11 is 0. The number of hydrogen-bond donors (Lipinski definition) is 3. The number of nitrogens with zero attached hydrogens (tertiary/aromatic N) is 2. The first kappa shape index (κ1) is 16.1. The van der Waals surface area contributed by atoms with Gasteiger partial charge < -0.3 is 10.4 Å². The van der Waals surface area contributed by atoms with Crippen LogP contribution in [0.3, 0.4) is 0 Å². The average Bonchev–Trinajstić information content (AvgIpc) is 3.10. The third kappa shape index (κ3) is 3.44. The largest absolute Gasteiger partial charge is 0.394 e. The summed E-state index contributed by atoms with van der Waals surface area (Å²) < 4.78 is 13.1. The molecule has 5 nitrogen and oxygen atoms in total. The number of aliphatic hydroxyl groups is 1. The highest BCUT2D eigenvalue weighted by Crippen LogP contribution is 2.31. The molecule has 1 unspecified atom stereocenters. The summed E-state index contributed by atoms with van der Waals surface area (Å²) in [4.78, 5) is 4.30. The van der Waals surface area contributed by atoms with Crippen molar-refractivity contribution in [3.8, 4) is 22.4 Å². The Balaban J connectivity index is 1.93. The minimum atomic E-state index is -0.277. The third-order valence-electron chi connectivity index (χ3n) is 3.89. The highest BCUT2D eigenvalue weighted by Gasteiger charge is 2.12. The molecule has 0 aliphatic rings. The minimum Gasteiger partial charge on any atom is -0.394 e. The van der Waals surface area contributed by atoms with Gasteiger partial charge in [-0.1, -0.05) is 6.92 Å². The second kappa shape index (κ2) is 7.23. The number of rotatable bonds is 6. The zero-order valence-corrected chi connectivity index (χ0v) is 13.3. The summed E-state index contributed by atoms with van der Waals surface area (Å²) in [6.07, 6.45) is 4.32. The summed E-state index contributed by atoms with van der Waals surface area (Å²) in [5, 5.41) is 19.7. The van der Waals surface area contributed by atoms with Crippen LogP contribution in [0, 0.1) is 5.82 Å². The van der Waals surface area contributed by atoms with Crippen molar-refractivity contribution in [3.63, 3.8) is 0 Å². The first-order valence-corrected chi connectivity index (χ1v) is 7.84. The van der Waals surface area contributed by atoms with Crippen LogP contribution in [0.2, 0.25) is 0 Å². The summed E-state index contributed by atoms with van der Waals surface area (Å²) in [5.41, 5.74) is 3.43. The summed E-state index contributed by atoms with van der Waals surface area (Å²) in [6.45, 7) is 2.05. The molecule has 1 aromatic carbocycles. The normalized spacial score (nSPS) is 12.1. The van der Waals surface area contributed by atoms with Crippen LogP contribution in [0.5, 0.6) is 0 Å². The van der Waals surface area contributed by atoms with E-state index < -0.39 is 0 Å². The van der Waals surface area contributed by atoms with Gasteiger partial charge in [-0.05, 0) is 48.4 Å². The van der Waals surface area contributed by atoms with Gasteiger partial charge in [-0.15, -0.1) is 0 Å². The van der Waals surface area contributed by atoms with Crippen molar-refractivity contribution in [2.45, 2.75) is 19.4 Å². The van der Waals surface area contributed by atoms with E-state index in [1.807, 2.05) is 19.1 Å². The minimum absolute atomic E-state index is 0.0336. The molecule has 3 rings (SSSR count). The molecule has 0 amide bonds. The summed E-state index contributed by atoms with van der Waals surface area (Å²) in [6, 6.07) is 10.0. The number of aromatic amines is 1. The number of benzene rings is 1. The van der Waals surface area contributed by atoms with Gasteiger partial charge in [-0.25, -0.2) is 9.37 Å². The van der Waals surface area contributed by atoms with Gasteiger partial charge in [-0.3, -0.25) is 5.10 Å². The first-order valence-electron chi connectivity index (χ1n) is 7.84. The van der Waals surface area contributed by atoms with E-state index in [9.17, 15) is 9.50 Å². The second-order valence-electron chi connectivity index (χ2n) is 5.52. The number of anilines is 1. The molecular formula is C18H19FN4O. The molecule has 2 heterocycles. The Bertz CT molecular complexity index is 797. The molecule has 3 N–H and O–H groups in total. The Hall–Kier alpha value is -2.73. The van der Waals surface area contributed by atoms with Crippen molar-refractivity contribution in [2.75, 3.05) is 11.9 Å². The predicted octanol–water partition coefficient (Wildman–Crippen LogP) is 3.46. The Morgan fingerprint density at radius 1 is 1.21 bits per heavy atom. The molecule has 124 valence electrons. The van der Waals surface area contributed by atoms with Crippen LogP contribution < -0.4 is 5.32 Å². The number of aliphatic hydroxyl groups excluding tert-OH is 1. The van der Waals surface area contributed by atoms with Crippen molar-refractivity contribution < 1.29 is 9.50 Å². The van der Waals surface area contributed by atoms with Crippen LogP contribution >= 0.6 is 0 Å². The maximum absolute atomic E-state index is 13.1. The molecule has 2 aromatic heterocycles. The molecule has 24 heavy (non-hydrogen) atoms. The number of hydrogen-bond acceptors (Lipinski definition) is 4. The monoisotopic (exact) mass is 326 g/mol. The van der Waals surface area contributed by atoms with Crippen molar-refractivity contribution >= 4 is 5.82 Å². The summed E-state index contributed by atoms with van der Waals surface area (Å²) in [7, 11) is 0. The van der Waals surface area contributed by atoms with E-state index in [0.29, 0.717) is 5.82 Å². The fourth-order valence-corrected chi connectivity index (χ4v) is 2.50. The number of halogens is 1. The van der Waals surface area contributed by atoms with Crippen LogP contribution in [-0.2, 0) is 0 Å². The maximum Gasteiger partial charge on any atom is 0.126 e. The van der Waals surface area contributed by atoms with E-state index >= 15 is 0 Å². The van der Waals surface area contributed by atoms with Gasteiger partial charge in [0.05, 0.1) is 18.3 Å². The highest BCUT2D eigenvalue weighted by atomic mass is 19.1. The molecular weight excluding hydrogens is 307 g/mol. The van der Waals surface area contributed by atoms with Crippen LogP contribution in [0.1, 0.15) is 13.3 Å². The van der Waals surface area contributed by atoms with Crippen LogP contribution in [0.4, 0.5) is 10.2 Å². The van der Waals surface area contributed by atoms with Crippen molar-refractivity contribution in [1.82, 2.24) is 15.2 Å². The maximum atomic E-state index is 13.1. The predicted molar refractivity (Wildman–Crippen MR) is 92.0 cm³/mol. The molecule has 0 radical (unpaired) electrons. The van der Waals surface area contributed by atoms with E-state index in [2.05, 4.69) is 20.5 Å². The van der Waals surface area contributed by atoms with Crippen molar-refractivity contribution in [1.29, 1.82) is 0 Å². The van der Waals surface area contributed by atoms with Gasteiger partial charge >= 0.3 is 0 Å². The van der Waals surface area contributed by atoms with E-state index in [-0.39, 0.29) is 18.5 Å². The van der Waals surface area contributed by atoms with Gasteiger partial charge in [0.15, 0.2) is 0 Å². The molecule has 0 bridgehead atoms. The Kier molecular flexibility index (Phi) is 4.86. The third-order valence-corrected chi connectivity index (χ3v) is 3.89. The lowest BCUT2D eigenvalue weighted by molar-refractivity contribution is 0.271. The topological polar surface area (TPSA) is 73.8 Å². The van der Waals surface area contributed by atoms with Gasteiger partial charge in [0.25, 0.3) is 0 Å². The lowest BCUT2D eigenvalue weighted by Gasteiger charge is -2.15. The smallest absolute Gasteiger partial charge is 0.126 e. The Labute approximate surface area is 139 Å². The fourth-order valence-electron chi connectivity index (χ4n) is 2.50. The number of aromatic nitrogens is 3. The van der Waals surface area contributed by atoms with Crippen LogP contribution in [-0.4, -0.2) is 32.9 Å². The second-order valence-corrected chi connectivity index (χ2v) is 5.52. The Morgan fingerprint density at radius 2 is 2.00 bits per heavy atom. The standard InChI is InChI=1S/C18H19FN4O/c1-2-15(11-24)22-17-9-13(7-8-20-17)16-10-21-23-18(16)12-3-5-14(19)6-4-12/h3-10,15,24H,2,11H2,1H3,(H,20,22)(H,21,23). The fraction of sp³-hybridized carbons (Fsp3) is 0.222. The lowest BCUT2D eigenvalue weighted by Crippen LogP contribution is -2.23. The number of pyridine rings is 1. The average molecular weight is 326 g/mol. The SMILES string of the molecule is CCC(CO)Nc1cc(-c2c[nH]nc2-c2ccc(F)cc2)ccn1. The molecule has 0 aliphatic carbocycles. The zero-order chi connectivity index (χ0) is 16.9. The number of H-pyrrole nitrogens is 1. The molecule has 6 heteroatoms. The van der Waals surface area contributed by atoms with Gasteiger partial charge in [-0.2, -0.15) is 5.10 Å². The molecule has 0 fully saturated rings. The van der Waals surface area contributed by atoms with E-state index in [0.717, 1.165) is 28.8 Å². The molecule has 0 aliphatic heterocycles. The molecule has 1 atom stereocenters. The summed E-state index contributed by atoms with van der Waals surface area (Å²) in [5.74, 6) is 0.417. The van der Waals surface area contributed by atoms with E-state index in [1.165, 1.54) is 12.1 Å². The molecule has 0 saturated carbocycles. The van der Waals surface area contributed by atoms with Gasteiger partial charge in [0.1, 0.15) is 11.6 Å². The van der Waals surface area contributed by atoms with E-state index in [4.69, 9.17) is 0 Å². The number of nitrogens with one attached hydrogen (secondary N) is 2. The van der Waals surface area contributed by atoms with Crippen LogP contribution in [0.15, 0.2) is 48.8 Å². The lowest BCUT2D eigenvalue weighted by atomic mass is 10.0. The first-order chi connectivity index (χ1) is 11.7. The zero-order valence-electron chi connectivity index (χ0n) is 13.3. The van der Waals surface area contributed by atoms with Crippen molar-refractivity contribution in [3.05, 3.63) is 54.6 Å². The quantitative estimate of drug-likeness (QED) is 0.648. The van der Waals surface area contributed by atoms with Gasteiger partial charge in [0, 0.05) is 23.5 Å². The molecule has 0 spiro atoms. The van der Waals surface area contributed by atoms with E-state index in [1.54, 1.807) is 24.5 Å². The molecule has 3 aromatic rings. The molecule has 0 saturated heterocycles.